The monoisotopic (exact) mass is 167 g/mol. The van der Waals surface area contributed by atoms with Crippen molar-refractivity contribution in [1.82, 2.24) is 0 Å². The Labute approximate surface area is 70.2 Å². The second kappa shape index (κ2) is 3.45. The Morgan fingerprint density at radius 3 is 2.75 bits per heavy atom. The fourth-order valence-electron chi connectivity index (χ4n) is 1.05. The molecule has 64 valence electrons. The van der Waals surface area contributed by atoms with Gasteiger partial charge in [-0.25, -0.2) is 4.39 Å². The van der Waals surface area contributed by atoms with Crippen LogP contribution in [0.4, 0.5) is 4.39 Å². The Morgan fingerprint density at radius 1 is 1.58 bits per heavy atom. The topological polar surface area (TPSA) is 43.1 Å². The van der Waals surface area contributed by atoms with Gasteiger partial charge in [0.2, 0.25) is 0 Å². The molecule has 2 N–H and O–H groups in total. The number of ketones is 1. The third-order valence-corrected chi connectivity index (χ3v) is 1.67. The van der Waals surface area contributed by atoms with Gasteiger partial charge in [-0.2, -0.15) is 0 Å². The molecule has 0 aromatic heterocycles. The quantitative estimate of drug-likeness (QED) is 0.678. The highest BCUT2D eigenvalue weighted by molar-refractivity contribution is 5.95. The van der Waals surface area contributed by atoms with Crippen LogP contribution in [0.1, 0.15) is 22.8 Å². The smallest absolute Gasteiger partial charge is 0.160 e. The van der Waals surface area contributed by atoms with Crippen molar-refractivity contribution in [2.75, 3.05) is 0 Å². The van der Waals surface area contributed by atoms with E-state index in [0.29, 0.717) is 11.1 Å². The van der Waals surface area contributed by atoms with E-state index in [1.807, 2.05) is 0 Å². The minimum absolute atomic E-state index is 0.157. The number of hydrogen-bond donors (Lipinski definition) is 1. The number of Topliss-reactive ketones (excluding diaryl/α,β-unsaturated/α-hetero) is 1. The molecule has 0 amide bonds. The molecular formula is C9H10FNO. The van der Waals surface area contributed by atoms with Crippen LogP contribution < -0.4 is 5.73 Å². The van der Waals surface area contributed by atoms with Crippen molar-refractivity contribution >= 4 is 5.78 Å². The first-order valence-electron chi connectivity index (χ1n) is 3.64. The Hall–Kier alpha value is -1.22. The number of rotatable bonds is 2. The van der Waals surface area contributed by atoms with Crippen LogP contribution in [0.3, 0.4) is 0 Å². The number of nitrogens with two attached hydrogens (primary N) is 1. The summed E-state index contributed by atoms with van der Waals surface area (Å²) in [6.45, 7) is 1.66. The highest BCUT2D eigenvalue weighted by Crippen LogP contribution is 2.11. The molecule has 0 unspecified atom stereocenters. The summed E-state index contributed by atoms with van der Waals surface area (Å²) in [5.74, 6) is -0.563. The van der Waals surface area contributed by atoms with Crippen molar-refractivity contribution < 1.29 is 9.18 Å². The van der Waals surface area contributed by atoms with Crippen LogP contribution in [0, 0.1) is 5.82 Å². The second-order valence-electron chi connectivity index (χ2n) is 2.56. The Kier molecular flexibility index (Phi) is 2.55. The van der Waals surface area contributed by atoms with Crippen LogP contribution in [-0.2, 0) is 6.54 Å². The maximum absolute atomic E-state index is 12.7. The molecule has 0 spiro atoms. The highest BCUT2D eigenvalue weighted by atomic mass is 19.1. The molecular weight excluding hydrogens is 157 g/mol. The lowest BCUT2D eigenvalue weighted by atomic mass is 10.0. The van der Waals surface area contributed by atoms with Gasteiger partial charge in [-0.05, 0) is 24.6 Å². The lowest BCUT2D eigenvalue weighted by molar-refractivity contribution is 0.101. The predicted molar refractivity (Wildman–Crippen MR) is 44.3 cm³/mol. The molecule has 1 rings (SSSR count). The van der Waals surface area contributed by atoms with Crippen LogP contribution >= 0.6 is 0 Å². The van der Waals surface area contributed by atoms with E-state index in [0.717, 1.165) is 0 Å². The third kappa shape index (κ3) is 1.68. The molecule has 0 saturated carbocycles. The predicted octanol–water partition coefficient (Wildman–Crippen LogP) is 1.49. The van der Waals surface area contributed by atoms with Gasteiger partial charge in [0.05, 0.1) is 0 Å². The molecule has 12 heavy (non-hydrogen) atoms. The normalized spacial score (nSPS) is 9.92. The van der Waals surface area contributed by atoms with E-state index in [-0.39, 0.29) is 12.3 Å². The summed E-state index contributed by atoms with van der Waals surface area (Å²) in [5, 5.41) is 0. The molecule has 0 fully saturated rings. The summed E-state index contributed by atoms with van der Waals surface area (Å²) in [6.07, 6.45) is 0. The van der Waals surface area contributed by atoms with E-state index in [2.05, 4.69) is 0 Å². The van der Waals surface area contributed by atoms with Crippen molar-refractivity contribution in [3.63, 3.8) is 0 Å². The maximum atomic E-state index is 12.7. The number of carbonyl (C=O) groups excluding carboxylic acids is 1. The van der Waals surface area contributed by atoms with Gasteiger partial charge in [-0.1, -0.05) is 6.07 Å². The average molecular weight is 167 g/mol. The molecule has 1 aromatic rings. The SMILES string of the molecule is CC(=O)c1cc(F)ccc1CN. The highest BCUT2D eigenvalue weighted by Gasteiger charge is 2.06. The molecule has 0 atom stereocenters. The summed E-state index contributed by atoms with van der Waals surface area (Å²) in [4.78, 5) is 11.0. The van der Waals surface area contributed by atoms with Gasteiger partial charge in [-0.15, -0.1) is 0 Å². The van der Waals surface area contributed by atoms with Crippen LogP contribution in [0.5, 0.6) is 0 Å². The summed E-state index contributed by atoms with van der Waals surface area (Å²) in [5.41, 5.74) is 6.42. The largest absolute Gasteiger partial charge is 0.326 e. The number of halogens is 1. The maximum Gasteiger partial charge on any atom is 0.160 e. The molecule has 0 saturated heterocycles. The summed E-state index contributed by atoms with van der Waals surface area (Å²) >= 11 is 0. The number of carbonyl (C=O) groups is 1. The van der Waals surface area contributed by atoms with Crippen LogP contribution in [0.2, 0.25) is 0 Å². The first-order chi connectivity index (χ1) is 5.65. The van der Waals surface area contributed by atoms with Gasteiger partial charge in [-0.3, -0.25) is 4.79 Å². The van der Waals surface area contributed by atoms with E-state index < -0.39 is 5.82 Å². The fourth-order valence-corrected chi connectivity index (χ4v) is 1.05. The van der Waals surface area contributed by atoms with Gasteiger partial charge in [0.1, 0.15) is 5.82 Å². The lowest BCUT2D eigenvalue weighted by Crippen LogP contribution is -2.05. The Morgan fingerprint density at radius 2 is 2.25 bits per heavy atom. The van der Waals surface area contributed by atoms with Crippen molar-refractivity contribution in [3.05, 3.63) is 35.1 Å². The van der Waals surface area contributed by atoms with Gasteiger partial charge in [0, 0.05) is 12.1 Å². The molecule has 2 nitrogen and oxygen atoms in total. The first kappa shape index (κ1) is 8.87. The minimum atomic E-state index is -0.405. The standard InChI is InChI=1S/C9H10FNO/c1-6(12)9-4-8(10)3-2-7(9)5-11/h2-4H,5,11H2,1H3. The van der Waals surface area contributed by atoms with Crippen LogP contribution in [-0.4, -0.2) is 5.78 Å². The molecule has 0 aliphatic rings. The lowest BCUT2D eigenvalue weighted by Gasteiger charge is -2.03. The Bertz CT molecular complexity index is 309. The second-order valence-corrected chi connectivity index (χ2v) is 2.56. The average Bonchev–Trinajstić information content (AvgIpc) is 2.04. The van der Waals surface area contributed by atoms with E-state index in [4.69, 9.17) is 5.73 Å². The molecule has 3 heteroatoms. The van der Waals surface area contributed by atoms with Crippen molar-refractivity contribution in [3.8, 4) is 0 Å². The van der Waals surface area contributed by atoms with Gasteiger partial charge in [0.25, 0.3) is 0 Å². The van der Waals surface area contributed by atoms with Gasteiger partial charge < -0.3 is 5.73 Å². The first-order valence-corrected chi connectivity index (χ1v) is 3.64. The fraction of sp³-hybridized carbons (Fsp3) is 0.222. The summed E-state index contributed by atoms with van der Waals surface area (Å²) in [6, 6.07) is 4.05. The molecule has 0 aliphatic carbocycles. The minimum Gasteiger partial charge on any atom is -0.326 e. The zero-order valence-electron chi connectivity index (χ0n) is 6.80. The molecule has 0 radical (unpaired) electrons. The van der Waals surface area contributed by atoms with Gasteiger partial charge in [0.15, 0.2) is 5.78 Å². The van der Waals surface area contributed by atoms with Crippen molar-refractivity contribution in [1.29, 1.82) is 0 Å². The van der Waals surface area contributed by atoms with Crippen molar-refractivity contribution in [2.45, 2.75) is 13.5 Å². The van der Waals surface area contributed by atoms with Crippen LogP contribution in [0.25, 0.3) is 0 Å². The van der Waals surface area contributed by atoms with Crippen molar-refractivity contribution in [2.24, 2.45) is 5.73 Å². The number of benzene rings is 1. The van der Waals surface area contributed by atoms with E-state index in [1.165, 1.54) is 25.1 Å². The van der Waals surface area contributed by atoms with E-state index in [1.54, 1.807) is 0 Å². The molecule has 1 aromatic carbocycles. The van der Waals surface area contributed by atoms with E-state index >= 15 is 0 Å². The molecule has 0 bridgehead atoms. The Balaban J connectivity index is 3.21. The van der Waals surface area contributed by atoms with E-state index in [9.17, 15) is 9.18 Å². The molecule has 0 aliphatic heterocycles. The zero-order valence-corrected chi connectivity index (χ0v) is 6.80. The van der Waals surface area contributed by atoms with Crippen LogP contribution in [0.15, 0.2) is 18.2 Å². The third-order valence-electron chi connectivity index (χ3n) is 1.67. The number of hydrogen-bond acceptors (Lipinski definition) is 2. The zero-order chi connectivity index (χ0) is 9.14. The molecule has 0 heterocycles. The summed E-state index contributed by atoms with van der Waals surface area (Å²) in [7, 11) is 0. The summed E-state index contributed by atoms with van der Waals surface area (Å²) < 4.78 is 12.7. The van der Waals surface area contributed by atoms with Gasteiger partial charge >= 0.3 is 0 Å².